The molecule has 0 aliphatic carbocycles. The third-order valence-electron chi connectivity index (χ3n) is 5.09. The molecule has 0 spiro atoms. The SMILES string of the molecule is Cc1cc(B2OC(C)(C)C(C)(C)O2)cc(C)c1CNc1ncco1. The summed E-state index contributed by atoms with van der Waals surface area (Å²) in [5.74, 6) is 0. The molecule has 1 aliphatic heterocycles. The van der Waals surface area contributed by atoms with Gasteiger partial charge in [-0.2, -0.15) is 0 Å². The zero-order valence-corrected chi connectivity index (χ0v) is 15.3. The number of anilines is 1. The molecule has 1 aliphatic rings. The highest BCUT2D eigenvalue weighted by atomic mass is 16.7. The fourth-order valence-corrected chi connectivity index (χ4v) is 2.90. The molecule has 1 aromatic heterocycles. The summed E-state index contributed by atoms with van der Waals surface area (Å²) in [5, 5.41) is 3.20. The lowest BCUT2D eigenvalue weighted by Crippen LogP contribution is -2.41. The maximum Gasteiger partial charge on any atom is 0.494 e. The smallest absolute Gasteiger partial charge is 0.432 e. The molecule has 2 aromatic rings. The summed E-state index contributed by atoms with van der Waals surface area (Å²) in [4.78, 5) is 4.09. The molecule has 5 nitrogen and oxygen atoms in total. The molecule has 0 unspecified atom stereocenters. The lowest BCUT2D eigenvalue weighted by Gasteiger charge is -2.32. The van der Waals surface area contributed by atoms with Crippen molar-refractivity contribution in [2.45, 2.75) is 59.3 Å². The minimum atomic E-state index is -0.332. The van der Waals surface area contributed by atoms with Crippen LogP contribution in [0.15, 0.2) is 29.0 Å². The van der Waals surface area contributed by atoms with Gasteiger partial charge in [0.1, 0.15) is 6.26 Å². The predicted molar refractivity (Wildman–Crippen MR) is 95.5 cm³/mol. The van der Waals surface area contributed by atoms with E-state index in [-0.39, 0.29) is 18.3 Å². The van der Waals surface area contributed by atoms with Crippen LogP contribution in [0.25, 0.3) is 0 Å². The predicted octanol–water partition coefficient (Wildman–Crippen LogP) is 3.20. The van der Waals surface area contributed by atoms with E-state index in [0.29, 0.717) is 12.6 Å². The Kier molecular flexibility index (Phi) is 4.22. The Bertz CT molecular complexity index is 687. The first-order valence-electron chi connectivity index (χ1n) is 8.29. The first kappa shape index (κ1) is 17.1. The topological polar surface area (TPSA) is 56.5 Å². The molecule has 128 valence electrons. The molecule has 2 heterocycles. The number of hydrogen-bond donors (Lipinski definition) is 1. The zero-order chi connectivity index (χ0) is 17.5. The Hall–Kier alpha value is -1.79. The molecule has 0 atom stereocenters. The van der Waals surface area contributed by atoms with Crippen LogP contribution < -0.4 is 10.8 Å². The summed E-state index contributed by atoms with van der Waals surface area (Å²) in [7, 11) is -0.332. The Balaban J connectivity index is 1.80. The summed E-state index contributed by atoms with van der Waals surface area (Å²) < 4.78 is 17.5. The van der Waals surface area contributed by atoms with Crippen LogP contribution in [-0.2, 0) is 15.9 Å². The minimum absolute atomic E-state index is 0.329. The Morgan fingerprint density at radius 3 is 2.12 bits per heavy atom. The molecular weight excluding hydrogens is 303 g/mol. The van der Waals surface area contributed by atoms with E-state index in [1.54, 1.807) is 12.5 Å². The summed E-state index contributed by atoms with van der Waals surface area (Å²) >= 11 is 0. The fourth-order valence-electron chi connectivity index (χ4n) is 2.90. The molecule has 1 saturated heterocycles. The fraction of sp³-hybridized carbons (Fsp3) is 0.500. The molecule has 1 fully saturated rings. The highest BCUT2D eigenvalue weighted by Crippen LogP contribution is 2.36. The van der Waals surface area contributed by atoms with Crippen LogP contribution in [0.3, 0.4) is 0 Å². The molecule has 1 aromatic carbocycles. The molecule has 3 rings (SSSR count). The van der Waals surface area contributed by atoms with E-state index in [0.717, 1.165) is 5.46 Å². The summed E-state index contributed by atoms with van der Waals surface area (Å²) in [6.45, 7) is 13.2. The van der Waals surface area contributed by atoms with Gasteiger partial charge in [-0.25, -0.2) is 4.98 Å². The lowest BCUT2D eigenvalue weighted by atomic mass is 9.76. The van der Waals surface area contributed by atoms with Gasteiger partial charge in [0.25, 0.3) is 6.01 Å². The zero-order valence-electron chi connectivity index (χ0n) is 15.3. The standard InChI is InChI=1S/C18H25BN2O3/c1-12-9-14(19-23-17(3,4)18(5,6)24-19)10-13(2)15(12)11-21-16-20-7-8-22-16/h7-10H,11H2,1-6H3,(H,20,21). The monoisotopic (exact) mass is 328 g/mol. The molecular formula is C18H25BN2O3. The van der Waals surface area contributed by atoms with E-state index in [4.69, 9.17) is 13.7 Å². The summed E-state index contributed by atoms with van der Waals surface area (Å²) in [6.07, 6.45) is 3.19. The average Bonchev–Trinajstić information content (AvgIpc) is 3.04. The molecule has 0 bridgehead atoms. The van der Waals surface area contributed by atoms with Crippen LogP contribution in [0.2, 0.25) is 0 Å². The lowest BCUT2D eigenvalue weighted by molar-refractivity contribution is 0.00578. The number of aromatic nitrogens is 1. The van der Waals surface area contributed by atoms with Gasteiger partial charge in [0, 0.05) is 6.54 Å². The van der Waals surface area contributed by atoms with Crippen LogP contribution in [0.1, 0.15) is 44.4 Å². The highest BCUT2D eigenvalue weighted by molar-refractivity contribution is 6.62. The van der Waals surface area contributed by atoms with E-state index >= 15 is 0 Å². The van der Waals surface area contributed by atoms with Crippen molar-refractivity contribution in [3.63, 3.8) is 0 Å². The van der Waals surface area contributed by atoms with Gasteiger partial charge in [-0.1, -0.05) is 12.1 Å². The molecule has 6 heteroatoms. The molecule has 0 radical (unpaired) electrons. The molecule has 24 heavy (non-hydrogen) atoms. The first-order valence-corrected chi connectivity index (χ1v) is 8.29. The van der Waals surface area contributed by atoms with Gasteiger partial charge in [-0.15, -0.1) is 0 Å². The second kappa shape index (κ2) is 5.94. The van der Waals surface area contributed by atoms with Crippen LogP contribution in [0.5, 0.6) is 0 Å². The third kappa shape index (κ3) is 3.08. The number of nitrogens with zero attached hydrogens (tertiary/aromatic N) is 1. The second-order valence-electron chi connectivity index (χ2n) is 7.41. The third-order valence-corrected chi connectivity index (χ3v) is 5.09. The largest absolute Gasteiger partial charge is 0.494 e. The molecule has 0 amide bonds. The number of benzene rings is 1. The van der Waals surface area contributed by atoms with Crippen molar-refractivity contribution in [2.75, 3.05) is 5.32 Å². The second-order valence-corrected chi connectivity index (χ2v) is 7.41. The summed E-state index contributed by atoms with van der Waals surface area (Å²) in [6, 6.07) is 4.81. The number of hydrogen-bond acceptors (Lipinski definition) is 5. The average molecular weight is 328 g/mol. The number of aryl methyl sites for hydroxylation is 2. The van der Waals surface area contributed by atoms with Crippen LogP contribution in [-0.4, -0.2) is 23.3 Å². The van der Waals surface area contributed by atoms with Crippen molar-refractivity contribution in [2.24, 2.45) is 0 Å². The highest BCUT2D eigenvalue weighted by Gasteiger charge is 2.51. The van der Waals surface area contributed by atoms with Gasteiger partial charge in [-0.05, 0) is 63.7 Å². The first-order chi connectivity index (χ1) is 11.2. The van der Waals surface area contributed by atoms with Crippen molar-refractivity contribution in [1.82, 2.24) is 4.98 Å². The van der Waals surface area contributed by atoms with E-state index in [1.165, 1.54) is 16.7 Å². The van der Waals surface area contributed by atoms with Crippen molar-refractivity contribution < 1.29 is 13.7 Å². The normalized spacial score (nSPS) is 18.8. The van der Waals surface area contributed by atoms with Gasteiger partial charge in [0.2, 0.25) is 0 Å². The van der Waals surface area contributed by atoms with Gasteiger partial charge in [0.05, 0.1) is 17.4 Å². The molecule has 0 saturated carbocycles. The number of oxazole rings is 1. The number of rotatable bonds is 4. The van der Waals surface area contributed by atoms with E-state index in [9.17, 15) is 0 Å². The van der Waals surface area contributed by atoms with Gasteiger partial charge >= 0.3 is 7.12 Å². The van der Waals surface area contributed by atoms with Crippen LogP contribution >= 0.6 is 0 Å². The van der Waals surface area contributed by atoms with Crippen molar-refractivity contribution in [3.8, 4) is 0 Å². The van der Waals surface area contributed by atoms with Crippen LogP contribution in [0, 0.1) is 13.8 Å². The number of nitrogens with one attached hydrogen (secondary N) is 1. The van der Waals surface area contributed by atoms with Gasteiger partial charge < -0.3 is 19.0 Å². The van der Waals surface area contributed by atoms with Crippen molar-refractivity contribution in [3.05, 3.63) is 41.3 Å². The Labute approximate surface area is 143 Å². The maximum absolute atomic E-state index is 6.16. The quantitative estimate of drug-likeness (QED) is 0.874. The van der Waals surface area contributed by atoms with Crippen molar-refractivity contribution >= 4 is 18.6 Å². The Morgan fingerprint density at radius 1 is 1.04 bits per heavy atom. The van der Waals surface area contributed by atoms with E-state index in [1.807, 2.05) is 0 Å². The Morgan fingerprint density at radius 2 is 1.62 bits per heavy atom. The van der Waals surface area contributed by atoms with Gasteiger partial charge in [0.15, 0.2) is 0 Å². The minimum Gasteiger partial charge on any atom is -0.432 e. The molecule has 1 N–H and O–H groups in total. The van der Waals surface area contributed by atoms with E-state index in [2.05, 4.69) is 64.0 Å². The van der Waals surface area contributed by atoms with Crippen LogP contribution in [0.4, 0.5) is 6.01 Å². The summed E-state index contributed by atoms with van der Waals surface area (Å²) in [5.41, 5.74) is 4.02. The maximum atomic E-state index is 6.16. The van der Waals surface area contributed by atoms with Gasteiger partial charge in [-0.3, -0.25) is 0 Å². The van der Waals surface area contributed by atoms with Crippen molar-refractivity contribution in [1.29, 1.82) is 0 Å². The van der Waals surface area contributed by atoms with E-state index < -0.39 is 0 Å².